The second-order valence-electron chi connectivity index (χ2n) is 8.30. The molecule has 0 saturated heterocycles. The quantitative estimate of drug-likeness (QED) is 0.358. The molecule has 32 heavy (non-hydrogen) atoms. The molecule has 0 saturated carbocycles. The van der Waals surface area contributed by atoms with Gasteiger partial charge in [0.05, 0.1) is 0 Å². The molecule has 0 bridgehead atoms. The molecular weight excluding hydrogens is 476 g/mol. The predicted molar refractivity (Wildman–Crippen MR) is 125 cm³/mol. The number of fused-ring (bicyclic) bond motifs is 1. The maximum absolute atomic E-state index is 12.8. The number of amides is 1. The van der Waals surface area contributed by atoms with Crippen LogP contribution in [0.3, 0.4) is 0 Å². The molecular formula is C24H25BrN2O5. The molecule has 0 aliphatic rings. The number of ether oxygens (including phenoxy) is 2. The van der Waals surface area contributed by atoms with Crippen LogP contribution in [0.15, 0.2) is 59.2 Å². The van der Waals surface area contributed by atoms with Gasteiger partial charge in [-0.3, -0.25) is 4.79 Å². The van der Waals surface area contributed by atoms with Gasteiger partial charge in [-0.2, -0.15) is 0 Å². The predicted octanol–water partition coefficient (Wildman–Crippen LogP) is 4.79. The summed E-state index contributed by atoms with van der Waals surface area (Å²) in [7, 11) is 0. The van der Waals surface area contributed by atoms with Crippen LogP contribution in [0.4, 0.5) is 4.79 Å². The number of aromatic amines is 1. The molecule has 2 aromatic carbocycles. The molecule has 0 aliphatic carbocycles. The van der Waals surface area contributed by atoms with Gasteiger partial charge in [-0.15, -0.1) is 0 Å². The fourth-order valence-corrected chi connectivity index (χ4v) is 3.38. The van der Waals surface area contributed by atoms with E-state index in [1.54, 1.807) is 51.2 Å². The molecule has 3 rings (SSSR count). The zero-order valence-corrected chi connectivity index (χ0v) is 19.7. The zero-order chi connectivity index (χ0) is 23.3. The second-order valence-corrected chi connectivity index (χ2v) is 9.22. The number of benzene rings is 2. The summed E-state index contributed by atoms with van der Waals surface area (Å²) in [4.78, 5) is 40.7. The minimum Gasteiger partial charge on any atom is -0.456 e. The lowest BCUT2D eigenvalue weighted by atomic mass is 10.1. The number of nitrogens with one attached hydrogen (secondary N) is 2. The van der Waals surface area contributed by atoms with Crippen molar-refractivity contribution >= 4 is 44.7 Å². The van der Waals surface area contributed by atoms with Crippen LogP contribution in [0.2, 0.25) is 0 Å². The summed E-state index contributed by atoms with van der Waals surface area (Å²) in [6, 6.07) is 13.4. The minimum absolute atomic E-state index is 0.175. The molecule has 8 heteroatoms. The van der Waals surface area contributed by atoms with Gasteiger partial charge in [0.2, 0.25) is 0 Å². The van der Waals surface area contributed by atoms with Crippen molar-refractivity contribution in [3.05, 3.63) is 70.3 Å². The van der Waals surface area contributed by atoms with Crippen LogP contribution in [-0.4, -0.2) is 41.1 Å². The topological polar surface area (TPSA) is 97.5 Å². The van der Waals surface area contributed by atoms with Gasteiger partial charge in [0.1, 0.15) is 11.6 Å². The summed E-state index contributed by atoms with van der Waals surface area (Å²) in [5, 5.41) is 3.51. The number of rotatable bonds is 7. The van der Waals surface area contributed by atoms with Crippen LogP contribution in [0.1, 0.15) is 36.7 Å². The summed E-state index contributed by atoms with van der Waals surface area (Å²) in [6.07, 6.45) is 1.22. The van der Waals surface area contributed by atoms with E-state index in [2.05, 4.69) is 26.2 Å². The number of aromatic nitrogens is 1. The highest BCUT2D eigenvalue weighted by Crippen LogP contribution is 2.20. The minimum atomic E-state index is -1.03. The Labute approximate surface area is 194 Å². The van der Waals surface area contributed by atoms with Gasteiger partial charge < -0.3 is 19.8 Å². The smallest absolute Gasteiger partial charge is 0.408 e. The highest BCUT2D eigenvalue weighted by Gasteiger charge is 2.27. The molecule has 0 aliphatic heterocycles. The van der Waals surface area contributed by atoms with E-state index in [9.17, 15) is 14.4 Å². The van der Waals surface area contributed by atoms with Gasteiger partial charge in [-0.05, 0) is 44.5 Å². The first-order chi connectivity index (χ1) is 15.1. The number of hydrogen-bond acceptors (Lipinski definition) is 5. The Hall–Kier alpha value is -3.13. The first-order valence-corrected chi connectivity index (χ1v) is 10.9. The number of H-pyrrole nitrogens is 1. The normalized spacial score (nSPS) is 12.2. The molecule has 0 unspecified atom stereocenters. The molecule has 0 spiro atoms. The molecule has 3 aromatic rings. The van der Waals surface area contributed by atoms with Crippen molar-refractivity contribution in [3.63, 3.8) is 0 Å². The lowest BCUT2D eigenvalue weighted by Crippen LogP contribution is -2.45. The number of ketones is 1. The van der Waals surface area contributed by atoms with E-state index in [-0.39, 0.29) is 12.2 Å². The van der Waals surface area contributed by atoms with Gasteiger partial charge in [-0.25, -0.2) is 9.59 Å². The summed E-state index contributed by atoms with van der Waals surface area (Å²) in [5.74, 6) is -1.06. The molecule has 1 aromatic heterocycles. The molecule has 2 N–H and O–H groups in total. The van der Waals surface area contributed by atoms with E-state index < -0.39 is 30.3 Å². The molecule has 168 valence electrons. The third kappa shape index (κ3) is 6.43. The standard InChI is InChI=1S/C24H25BrN2O5/c1-24(2,3)32-23(30)27-20(12-16-13-26-19-7-5-4-6-18(16)19)22(29)31-14-21(28)15-8-10-17(25)11-9-15/h4-11,13,20,26H,12,14H2,1-3H3,(H,27,30)/t20-/m0/s1. The number of para-hydroxylation sites is 1. The Kier molecular flexibility index (Phi) is 7.35. The number of carbonyl (C=O) groups excluding carboxylic acids is 3. The van der Waals surface area contributed by atoms with Crippen molar-refractivity contribution < 1.29 is 23.9 Å². The van der Waals surface area contributed by atoms with Crippen molar-refractivity contribution in [3.8, 4) is 0 Å². The highest BCUT2D eigenvalue weighted by atomic mass is 79.9. The Morgan fingerprint density at radius 1 is 1.06 bits per heavy atom. The highest BCUT2D eigenvalue weighted by molar-refractivity contribution is 9.10. The average Bonchev–Trinajstić information content (AvgIpc) is 3.13. The van der Waals surface area contributed by atoms with E-state index in [0.717, 1.165) is 20.9 Å². The van der Waals surface area contributed by atoms with E-state index in [4.69, 9.17) is 9.47 Å². The second kappa shape index (κ2) is 9.99. The molecule has 7 nitrogen and oxygen atoms in total. The van der Waals surface area contributed by atoms with Crippen molar-refractivity contribution in [2.24, 2.45) is 0 Å². The maximum Gasteiger partial charge on any atom is 0.408 e. The van der Waals surface area contributed by atoms with Gasteiger partial charge >= 0.3 is 12.1 Å². The number of halogens is 1. The number of hydrogen-bond donors (Lipinski definition) is 2. The molecule has 1 heterocycles. The SMILES string of the molecule is CC(C)(C)OC(=O)N[C@@H](Cc1c[nH]c2ccccc12)C(=O)OCC(=O)c1ccc(Br)cc1. The zero-order valence-electron chi connectivity index (χ0n) is 18.1. The summed E-state index contributed by atoms with van der Waals surface area (Å²) in [5.41, 5.74) is 1.45. The molecule has 1 amide bonds. The summed E-state index contributed by atoms with van der Waals surface area (Å²) in [6.45, 7) is 4.77. The molecule has 1 atom stereocenters. The largest absolute Gasteiger partial charge is 0.456 e. The third-order valence-corrected chi connectivity index (χ3v) is 5.11. The monoisotopic (exact) mass is 500 g/mol. The fraction of sp³-hybridized carbons (Fsp3) is 0.292. The number of carbonyl (C=O) groups is 3. The van der Waals surface area contributed by atoms with Crippen LogP contribution in [0.5, 0.6) is 0 Å². The number of Topliss-reactive ketones (excluding diaryl/α,β-unsaturated/α-hetero) is 1. The van der Waals surface area contributed by atoms with E-state index in [1.807, 2.05) is 24.3 Å². The van der Waals surface area contributed by atoms with E-state index in [1.165, 1.54) is 0 Å². The van der Waals surface area contributed by atoms with Gasteiger partial charge in [-0.1, -0.05) is 46.3 Å². The Balaban J connectivity index is 1.73. The fourth-order valence-electron chi connectivity index (χ4n) is 3.12. The number of alkyl carbamates (subject to hydrolysis) is 1. The third-order valence-electron chi connectivity index (χ3n) is 4.59. The average molecular weight is 501 g/mol. The Morgan fingerprint density at radius 2 is 1.75 bits per heavy atom. The Morgan fingerprint density at radius 3 is 2.44 bits per heavy atom. The Bertz CT molecular complexity index is 1120. The van der Waals surface area contributed by atoms with Gasteiger partial charge in [0.15, 0.2) is 12.4 Å². The summed E-state index contributed by atoms with van der Waals surface area (Å²) >= 11 is 3.31. The summed E-state index contributed by atoms with van der Waals surface area (Å²) < 4.78 is 11.4. The maximum atomic E-state index is 12.8. The van der Waals surface area contributed by atoms with Crippen LogP contribution in [-0.2, 0) is 20.7 Å². The van der Waals surface area contributed by atoms with E-state index >= 15 is 0 Å². The van der Waals surface area contributed by atoms with Crippen LogP contribution < -0.4 is 5.32 Å². The van der Waals surface area contributed by atoms with Gasteiger partial charge in [0, 0.05) is 33.6 Å². The van der Waals surface area contributed by atoms with E-state index in [0.29, 0.717) is 5.56 Å². The van der Waals surface area contributed by atoms with Gasteiger partial charge in [0.25, 0.3) is 0 Å². The van der Waals surface area contributed by atoms with Crippen LogP contribution in [0.25, 0.3) is 10.9 Å². The number of esters is 1. The molecule has 0 fully saturated rings. The van der Waals surface area contributed by atoms with Crippen molar-refractivity contribution in [2.45, 2.75) is 38.8 Å². The lowest BCUT2D eigenvalue weighted by Gasteiger charge is -2.23. The van der Waals surface area contributed by atoms with Crippen molar-refractivity contribution in [1.82, 2.24) is 10.3 Å². The van der Waals surface area contributed by atoms with Crippen LogP contribution >= 0.6 is 15.9 Å². The van der Waals surface area contributed by atoms with Crippen molar-refractivity contribution in [1.29, 1.82) is 0 Å². The lowest BCUT2D eigenvalue weighted by molar-refractivity contribution is -0.145. The first kappa shape index (κ1) is 23.5. The molecule has 0 radical (unpaired) electrons. The van der Waals surface area contributed by atoms with Crippen LogP contribution in [0, 0.1) is 0 Å². The first-order valence-electron chi connectivity index (χ1n) is 10.1. The van der Waals surface area contributed by atoms with Crippen molar-refractivity contribution in [2.75, 3.05) is 6.61 Å².